The van der Waals surface area contributed by atoms with Crippen molar-refractivity contribution >= 4 is 5.78 Å². The summed E-state index contributed by atoms with van der Waals surface area (Å²) in [5.41, 5.74) is 0. The molecule has 0 bridgehead atoms. The minimum Gasteiger partial charge on any atom is -0.348 e. The SMILES string of the molecule is CC1(C)OCC(=O)[C@H](CCC2(C)OCCO2)O1. The van der Waals surface area contributed by atoms with Crippen LogP contribution in [0.5, 0.6) is 0 Å². The van der Waals surface area contributed by atoms with Crippen molar-refractivity contribution in [1.82, 2.24) is 0 Å². The smallest absolute Gasteiger partial charge is 0.187 e. The van der Waals surface area contributed by atoms with E-state index in [2.05, 4.69) is 0 Å². The Kier molecular flexibility index (Phi) is 3.54. The van der Waals surface area contributed by atoms with Crippen LogP contribution < -0.4 is 0 Å². The van der Waals surface area contributed by atoms with E-state index in [1.54, 1.807) is 0 Å². The Hall–Kier alpha value is -0.490. The molecule has 17 heavy (non-hydrogen) atoms. The zero-order chi connectivity index (χ0) is 12.5. The summed E-state index contributed by atoms with van der Waals surface area (Å²) in [6.45, 7) is 6.88. The largest absolute Gasteiger partial charge is 0.348 e. The van der Waals surface area contributed by atoms with Crippen molar-refractivity contribution in [2.24, 2.45) is 0 Å². The van der Waals surface area contributed by atoms with Gasteiger partial charge in [-0.25, -0.2) is 0 Å². The molecule has 0 aromatic carbocycles. The third kappa shape index (κ3) is 3.25. The first kappa shape index (κ1) is 13.0. The van der Waals surface area contributed by atoms with E-state index in [-0.39, 0.29) is 12.4 Å². The second-order valence-corrected chi connectivity index (χ2v) is 5.13. The maximum Gasteiger partial charge on any atom is 0.187 e. The van der Waals surface area contributed by atoms with Gasteiger partial charge in [0.1, 0.15) is 12.7 Å². The minimum atomic E-state index is -0.684. The van der Waals surface area contributed by atoms with Crippen LogP contribution in [0, 0.1) is 0 Å². The Labute approximate surface area is 101 Å². The number of hydrogen-bond acceptors (Lipinski definition) is 5. The van der Waals surface area contributed by atoms with Crippen molar-refractivity contribution in [1.29, 1.82) is 0 Å². The molecule has 1 atom stereocenters. The van der Waals surface area contributed by atoms with Gasteiger partial charge in [0.15, 0.2) is 17.4 Å². The first-order valence-electron chi connectivity index (χ1n) is 6.03. The highest BCUT2D eigenvalue weighted by molar-refractivity contribution is 5.84. The molecule has 0 unspecified atom stereocenters. The van der Waals surface area contributed by atoms with Crippen LogP contribution in [0.3, 0.4) is 0 Å². The molecule has 0 saturated carbocycles. The Balaban J connectivity index is 1.87. The molecule has 2 aliphatic rings. The van der Waals surface area contributed by atoms with E-state index in [0.717, 1.165) is 0 Å². The van der Waals surface area contributed by atoms with E-state index in [0.29, 0.717) is 26.1 Å². The van der Waals surface area contributed by atoms with E-state index in [1.807, 2.05) is 20.8 Å². The molecule has 0 N–H and O–H groups in total. The highest BCUT2D eigenvalue weighted by Crippen LogP contribution is 2.28. The number of Topliss-reactive ketones (excluding diaryl/α,β-unsaturated/α-hetero) is 1. The fourth-order valence-corrected chi connectivity index (χ4v) is 2.09. The highest BCUT2D eigenvalue weighted by Gasteiger charge is 2.38. The fraction of sp³-hybridized carbons (Fsp3) is 0.917. The van der Waals surface area contributed by atoms with Crippen LogP contribution in [0.4, 0.5) is 0 Å². The van der Waals surface area contributed by atoms with E-state index < -0.39 is 17.7 Å². The summed E-state index contributed by atoms with van der Waals surface area (Å²) in [5.74, 6) is -1.26. The molecule has 0 spiro atoms. The van der Waals surface area contributed by atoms with E-state index in [4.69, 9.17) is 18.9 Å². The number of rotatable bonds is 3. The summed E-state index contributed by atoms with van der Waals surface area (Å²) in [7, 11) is 0. The summed E-state index contributed by atoms with van der Waals surface area (Å²) < 4.78 is 21.9. The van der Waals surface area contributed by atoms with Crippen molar-refractivity contribution in [3.8, 4) is 0 Å². The zero-order valence-electron chi connectivity index (χ0n) is 10.7. The summed E-state index contributed by atoms with van der Waals surface area (Å²) >= 11 is 0. The molecular formula is C12H20O5. The van der Waals surface area contributed by atoms with Gasteiger partial charge in [0.05, 0.1) is 13.2 Å². The molecule has 0 amide bonds. The Morgan fingerprint density at radius 2 is 1.82 bits per heavy atom. The van der Waals surface area contributed by atoms with E-state index >= 15 is 0 Å². The lowest BCUT2D eigenvalue weighted by atomic mass is 10.0. The normalized spacial score (nSPS) is 31.7. The van der Waals surface area contributed by atoms with Crippen LogP contribution >= 0.6 is 0 Å². The molecule has 0 aliphatic carbocycles. The number of hydrogen-bond donors (Lipinski definition) is 0. The average Bonchev–Trinajstić information content (AvgIpc) is 2.67. The van der Waals surface area contributed by atoms with Crippen LogP contribution in [-0.2, 0) is 23.7 Å². The fourth-order valence-electron chi connectivity index (χ4n) is 2.09. The third-order valence-electron chi connectivity index (χ3n) is 3.11. The molecule has 0 aromatic rings. The van der Waals surface area contributed by atoms with E-state index in [9.17, 15) is 4.79 Å². The van der Waals surface area contributed by atoms with Gasteiger partial charge in [0.2, 0.25) is 0 Å². The van der Waals surface area contributed by atoms with Crippen molar-refractivity contribution in [3.63, 3.8) is 0 Å². The van der Waals surface area contributed by atoms with Crippen molar-refractivity contribution in [2.45, 2.75) is 51.3 Å². The van der Waals surface area contributed by atoms with Gasteiger partial charge in [0, 0.05) is 6.42 Å². The van der Waals surface area contributed by atoms with Crippen LogP contribution in [0.15, 0.2) is 0 Å². The van der Waals surface area contributed by atoms with Crippen molar-refractivity contribution in [3.05, 3.63) is 0 Å². The van der Waals surface area contributed by atoms with Crippen LogP contribution in [0.1, 0.15) is 33.6 Å². The highest BCUT2D eigenvalue weighted by atomic mass is 16.7. The quantitative estimate of drug-likeness (QED) is 0.748. The molecule has 5 heteroatoms. The van der Waals surface area contributed by atoms with Gasteiger partial charge in [-0.05, 0) is 27.2 Å². The predicted molar refractivity (Wildman–Crippen MR) is 59.5 cm³/mol. The van der Waals surface area contributed by atoms with Gasteiger partial charge in [0.25, 0.3) is 0 Å². The molecule has 98 valence electrons. The third-order valence-corrected chi connectivity index (χ3v) is 3.11. The summed E-state index contributed by atoms with van der Waals surface area (Å²) in [4.78, 5) is 11.7. The lowest BCUT2D eigenvalue weighted by Gasteiger charge is -2.36. The van der Waals surface area contributed by atoms with E-state index in [1.165, 1.54) is 0 Å². The second kappa shape index (κ2) is 4.65. The molecule has 2 heterocycles. The lowest BCUT2D eigenvalue weighted by molar-refractivity contribution is -0.262. The molecule has 2 fully saturated rings. The van der Waals surface area contributed by atoms with Gasteiger partial charge in [-0.3, -0.25) is 4.79 Å². The van der Waals surface area contributed by atoms with Crippen LogP contribution in [0.25, 0.3) is 0 Å². The summed E-state index contributed by atoms with van der Waals surface area (Å²) in [6.07, 6.45) is 0.838. The predicted octanol–water partition coefficient (Wildman–Crippen LogP) is 1.25. The number of ketones is 1. The van der Waals surface area contributed by atoms with Crippen LogP contribution in [-0.4, -0.2) is 43.3 Å². The maximum absolute atomic E-state index is 11.7. The summed E-state index contributed by atoms with van der Waals surface area (Å²) in [6, 6.07) is 0. The first-order chi connectivity index (χ1) is 7.90. The zero-order valence-corrected chi connectivity index (χ0v) is 10.7. The molecule has 2 saturated heterocycles. The Morgan fingerprint density at radius 3 is 2.47 bits per heavy atom. The monoisotopic (exact) mass is 244 g/mol. The molecule has 0 aromatic heterocycles. The molecular weight excluding hydrogens is 224 g/mol. The molecule has 5 nitrogen and oxygen atoms in total. The number of carbonyl (C=O) groups is 1. The Bertz CT molecular complexity index is 293. The van der Waals surface area contributed by atoms with Gasteiger partial charge in [-0.15, -0.1) is 0 Å². The van der Waals surface area contributed by atoms with Gasteiger partial charge in [-0.2, -0.15) is 0 Å². The molecule has 0 radical (unpaired) electrons. The molecule has 2 aliphatic heterocycles. The van der Waals surface area contributed by atoms with Gasteiger partial charge in [-0.1, -0.05) is 0 Å². The van der Waals surface area contributed by atoms with Crippen molar-refractivity contribution in [2.75, 3.05) is 19.8 Å². The number of carbonyl (C=O) groups excluding carboxylic acids is 1. The second-order valence-electron chi connectivity index (χ2n) is 5.13. The number of ether oxygens (including phenoxy) is 4. The standard InChI is InChI=1S/C12H20O5/c1-11(2)16-8-9(13)10(17-11)4-5-12(3)14-6-7-15-12/h10H,4-8H2,1-3H3/t10-/m0/s1. The first-order valence-corrected chi connectivity index (χ1v) is 6.03. The lowest BCUT2D eigenvalue weighted by Crippen LogP contribution is -2.46. The van der Waals surface area contributed by atoms with Gasteiger partial charge >= 0.3 is 0 Å². The van der Waals surface area contributed by atoms with Gasteiger partial charge < -0.3 is 18.9 Å². The minimum absolute atomic E-state index is 0.00841. The topological polar surface area (TPSA) is 54.0 Å². The molecule has 2 rings (SSSR count). The Morgan fingerprint density at radius 1 is 1.18 bits per heavy atom. The average molecular weight is 244 g/mol. The summed E-state index contributed by atoms with van der Waals surface area (Å²) in [5, 5.41) is 0. The van der Waals surface area contributed by atoms with Crippen molar-refractivity contribution < 1.29 is 23.7 Å². The maximum atomic E-state index is 11.7. The van der Waals surface area contributed by atoms with Crippen LogP contribution in [0.2, 0.25) is 0 Å².